The minimum atomic E-state index is 0.0904. The summed E-state index contributed by atoms with van der Waals surface area (Å²) in [5.41, 5.74) is 3.33. The van der Waals surface area contributed by atoms with Crippen molar-refractivity contribution in [1.82, 2.24) is 25.5 Å². The number of aromatic nitrogens is 4. The van der Waals surface area contributed by atoms with E-state index in [0.29, 0.717) is 0 Å². The molecule has 0 aliphatic carbocycles. The molecule has 0 aliphatic rings. The Hall–Kier alpha value is -1.27. The van der Waals surface area contributed by atoms with Crippen molar-refractivity contribution in [1.29, 1.82) is 0 Å². The van der Waals surface area contributed by atoms with E-state index in [-0.39, 0.29) is 6.04 Å². The molecule has 1 heterocycles. The molecule has 0 saturated carbocycles. The molecule has 5 nitrogen and oxygen atoms in total. The van der Waals surface area contributed by atoms with Crippen molar-refractivity contribution in [2.45, 2.75) is 26.8 Å². The predicted octanol–water partition coefficient (Wildman–Crippen LogP) is 2.32. The third kappa shape index (κ3) is 2.30. The van der Waals surface area contributed by atoms with Crippen molar-refractivity contribution < 1.29 is 0 Å². The molecule has 2 aromatic rings. The van der Waals surface area contributed by atoms with E-state index < -0.39 is 0 Å². The molecule has 1 atom stereocenters. The molecule has 0 fully saturated rings. The topological polar surface area (TPSA) is 55.6 Å². The number of halogens is 1. The zero-order chi connectivity index (χ0) is 13.3. The zero-order valence-electron chi connectivity index (χ0n) is 10.9. The number of hydrogen-bond acceptors (Lipinski definition) is 4. The molecule has 96 valence electrons. The summed E-state index contributed by atoms with van der Waals surface area (Å²) >= 11 is 3.59. The summed E-state index contributed by atoms with van der Waals surface area (Å²) in [6.07, 6.45) is 0. The lowest BCUT2D eigenvalue weighted by Crippen LogP contribution is -2.18. The number of rotatable bonds is 3. The van der Waals surface area contributed by atoms with E-state index in [2.05, 4.69) is 62.8 Å². The standard InChI is InChI=1S/C12H16BrN5/c1-7-5-8(2)11(10(13)6-7)18-12(9(3)14-4)15-16-17-18/h5-6,9,14H,1-4H3. The van der Waals surface area contributed by atoms with Crippen LogP contribution in [-0.4, -0.2) is 27.3 Å². The van der Waals surface area contributed by atoms with Crippen LogP contribution in [0.15, 0.2) is 16.6 Å². The second-order valence-electron chi connectivity index (χ2n) is 4.37. The average molecular weight is 310 g/mol. The van der Waals surface area contributed by atoms with E-state index in [4.69, 9.17) is 0 Å². The molecule has 18 heavy (non-hydrogen) atoms. The largest absolute Gasteiger partial charge is 0.311 e. The molecular formula is C12H16BrN5. The van der Waals surface area contributed by atoms with Crippen LogP contribution in [0.3, 0.4) is 0 Å². The van der Waals surface area contributed by atoms with Gasteiger partial charge in [-0.3, -0.25) is 0 Å². The Balaban J connectivity index is 2.59. The summed E-state index contributed by atoms with van der Waals surface area (Å²) in [6, 6.07) is 4.28. The quantitative estimate of drug-likeness (QED) is 0.945. The van der Waals surface area contributed by atoms with Gasteiger partial charge in [0, 0.05) is 4.47 Å². The van der Waals surface area contributed by atoms with Gasteiger partial charge in [0.2, 0.25) is 0 Å². The van der Waals surface area contributed by atoms with Crippen LogP contribution in [0.5, 0.6) is 0 Å². The van der Waals surface area contributed by atoms with Gasteiger partial charge in [0.15, 0.2) is 5.82 Å². The lowest BCUT2D eigenvalue weighted by molar-refractivity contribution is 0.587. The first-order valence-corrected chi connectivity index (χ1v) is 6.56. The van der Waals surface area contributed by atoms with Crippen LogP contribution in [0.25, 0.3) is 5.69 Å². The first-order valence-electron chi connectivity index (χ1n) is 5.77. The smallest absolute Gasteiger partial charge is 0.173 e. The van der Waals surface area contributed by atoms with Crippen LogP contribution >= 0.6 is 15.9 Å². The number of benzene rings is 1. The molecule has 6 heteroatoms. The van der Waals surface area contributed by atoms with E-state index in [1.807, 2.05) is 14.0 Å². The number of nitrogens with zero attached hydrogens (tertiary/aromatic N) is 4. The third-order valence-corrected chi connectivity index (χ3v) is 3.53. The van der Waals surface area contributed by atoms with Crippen LogP contribution in [0, 0.1) is 13.8 Å². The Morgan fingerprint density at radius 3 is 2.67 bits per heavy atom. The molecule has 1 aromatic heterocycles. The summed E-state index contributed by atoms with van der Waals surface area (Å²) in [5.74, 6) is 0.796. The fraction of sp³-hybridized carbons (Fsp3) is 0.417. The molecule has 0 amide bonds. The van der Waals surface area contributed by atoms with Crippen molar-refractivity contribution in [3.05, 3.63) is 33.6 Å². The molecule has 0 bridgehead atoms. The lowest BCUT2D eigenvalue weighted by atomic mass is 10.1. The van der Waals surface area contributed by atoms with Crippen LogP contribution in [0.1, 0.15) is 29.9 Å². The van der Waals surface area contributed by atoms with Gasteiger partial charge in [0.25, 0.3) is 0 Å². The summed E-state index contributed by atoms with van der Waals surface area (Å²) < 4.78 is 2.77. The number of hydrogen-bond donors (Lipinski definition) is 1. The number of tetrazole rings is 1. The Labute approximate surface area is 115 Å². The van der Waals surface area contributed by atoms with Crippen LogP contribution in [-0.2, 0) is 0 Å². The van der Waals surface area contributed by atoms with Crippen molar-refractivity contribution >= 4 is 15.9 Å². The highest BCUT2D eigenvalue weighted by Crippen LogP contribution is 2.27. The second-order valence-corrected chi connectivity index (χ2v) is 5.23. The van der Waals surface area contributed by atoms with E-state index in [1.54, 1.807) is 4.68 Å². The summed E-state index contributed by atoms with van der Waals surface area (Å²) in [5, 5.41) is 15.1. The van der Waals surface area contributed by atoms with Gasteiger partial charge in [0.1, 0.15) is 0 Å². The highest BCUT2D eigenvalue weighted by molar-refractivity contribution is 9.10. The molecular weight excluding hydrogens is 294 g/mol. The zero-order valence-corrected chi connectivity index (χ0v) is 12.5. The lowest BCUT2D eigenvalue weighted by Gasteiger charge is -2.14. The van der Waals surface area contributed by atoms with Gasteiger partial charge in [-0.05, 0) is 71.4 Å². The molecule has 0 spiro atoms. The Bertz CT molecular complexity index is 540. The highest BCUT2D eigenvalue weighted by Gasteiger charge is 2.17. The SMILES string of the molecule is CNC(C)c1nnnn1-c1c(C)cc(C)cc1Br. The third-order valence-electron chi connectivity index (χ3n) is 2.92. The molecule has 0 aliphatic heterocycles. The first kappa shape index (κ1) is 13.2. The highest BCUT2D eigenvalue weighted by atomic mass is 79.9. The van der Waals surface area contributed by atoms with Crippen LogP contribution < -0.4 is 5.32 Å². The van der Waals surface area contributed by atoms with Gasteiger partial charge in [0.05, 0.1) is 11.7 Å². The minimum absolute atomic E-state index is 0.0904. The second kappa shape index (κ2) is 5.16. The predicted molar refractivity (Wildman–Crippen MR) is 73.8 cm³/mol. The Kier molecular flexibility index (Phi) is 3.77. The van der Waals surface area contributed by atoms with Gasteiger partial charge in [-0.2, -0.15) is 4.68 Å². The number of aryl methyl sites for hydroxylation is 2. The molecule has 0 radical (unpaired) electrons. The summed E-state index contributed by atoms with van der Waals surface area (Å²) in [6.45, 7) is 6.15. The maximum absolute atomic E-state index is 4.09. The minimum Gasteiger partial charge on any atom is -0.311 e. The van der Waals surface area contributed by atoms with Gasteiger partial charge >= 0.3 is 0 Å². The fourth-order valence-corrected chi connectivity index (χ4v) is 2.77. The Morgan fingerprint density at radius 1 is 1.33 bits per heavy atom. The van der Waals surface area contributed by atoms with Gasteiger partial charge in [-0.1, -0.05) is 6.07 Å². The first-order chi connectivity index (χ1) is 8.54. The molecule has 1 N–H and O–H groups in total. The molecule has 1 aromatic carbocycles. The molecule has 2 rings (SSSR count). The van der Waals surface area contributed by atoms with E-state index in [0.717, 1.165) is 21.5 Å². The number of nitrogens with one attached hydrogen (secondary N) is 1. The maximum atomic E-state index is 4.09. The van der Waals surface area contributed by atoms with Crippen molar-refractivity contribution in [3.63, 3.8) is 0 Å². The van der Waals surface area contributed by atoms with E-state index >= 15 is 0 Å². The summed E-state index contributed by atoms with van der Waals surface area (Å²) in [7, 11) is 1.89. The maximum Gasteiger partial charge on any atom is 0.173 e. The van der Waals surface area contributed by atoms with Crippen LogP contribution in [0.4, 0.5) is 0 Å². The van der Waals surface area contributed by atoms with Gasteiger partial charge < -0.3 is 5.32 Å². The average Bonchev–Trinajstić information content (AvgIpc) is 2.75. The summed E-state index contributed by atoms with van der Waals surface area (Å²) in [4.78, 5) is 0. The van der Waals surface area contributed by atoms with E-state index in [1.165, 1.54) is 5.56 Å². The fourth-order valence-electron chi connectivity index (χ4n) is 1.93. The van der Waals surface area contributed by atoms with Crippen molar-refractivity contribution in [2.75, 3.05) is 7.05 Å². The van der Waals surface area contributed by atoms with Gasteiger partial charge in [-0.15, -0.1) is 5.10 Å². The monoisotopic (exact) mass is 309 g/mol. The van der Waals surface area contributed by atoms with E-state index in [9.17, 15) is 0 Å². The molecule has 1 unspecified atom stereocenters. The van der Waals surface area contributed by atoms with Crippen LogP contribution in [0.2, 0.25) is 0 Å². The van der Waals surface area contributed by atoms with Crippen molar-refractivity contribution in [3.8, 4) is 5.69 Å². The van der Waals surface area contributed by atoms with Gasteiger partial charge in [-0.25, -0.2) is 0 Å². The Morgan fingerprint density at radius 2 is 2.06 bits per heavy atom. The van der Waals surface area contributed by atoms with Crippen molar-refractivity contribution in [2.24, 2.45) is 0 Å². The molecule has 0 saturated heterocycles. The normalized spacial score (nSPS) is 12.7.